The van der Waals surface area contributed by atoms with Gasteiger partial charge in [-0.15, -0.1) is 0 Å². The van der Waals surface area contributed by atoms with Gasteiger partial charge in [-0.2, -0.15) is 0 Å². The Hall–Kier alpha value is -1.10. The minimum absolute atomic E-state index is 0.248. The summed E-state index contributed by atoms with van der Waals surface area (Å²) in [7, 11) is 0. The first kappa shape index (κ1) is 10.4. The summed E-state index contributed by atoms with van der Waals surface area (Å²) in [6.45, 7) is 2.15. The molecule has 0 aliphatic carbocycles. The van der Waals surface area contributed by atoms with Gasteiger partial charge in [0.15, 0.2) is 5.96 Å². The predicted molar refractivity (Wildman–Crippen MR) is 61.0 cm³/mol. The highest BCUT2D eigenvalue weighted by Crippen LogP contribution is 2.17. The van der Waals surface area contributed by atoms with Crippen molar-refractivity contribution in [2.45, 2.75) is 6.54 Å². The summed E-state index contributed by atoms with van der Waals surface area (Å²) < 4.78 is 13.7. The fourth-order valence-electron chi connectivity index (χ4n) is 1.52. The summed E-state index contributed by atoms with van der Waals surface area (Å²) in [5, 5.41) is 0. The summed E-state index contributed by atoms with van der Waals surface area (Å²) in [5.74, 6) is 0.292. The Labute approximate surface area is 95.9 Å². The van der Waals surface area contributed by atoms with Crippen LogP contribution in [0.1, 0.15) is 5.56 Å². The Morgan fingerprint density at radius 3 is 2.93 bits per heavy atom. The Kier molecular flexibility index (Phi) is 2.90. The molecule has 2 rings (SSSR count). The van der Waals surface area contributed by atoms with Crippen molar-refractivity contribution in [2.75, 3.05) is 13.1 Å². The summed E-state index contributed by atoms with van der Waals surface area (Å²) in [5.41, 5.74) is 6.57. The lowest BCUT2D eigenvalue weighted by Crippen LogP contribution is -2.33. The standard InChI is InChI=1S/C10H11BrFN3/c11-8-2-1-7(5-9(8)12)6-15-4-3-14-10(15)13/h1-2,5H,3-4,6H2,(H2,13,14). The summed E-state index contributed by atoms with van der Waals surface area (Å²) in [6, 6.07) is 5.09. The molecule has 80 valence electrons. The molecule has 1 aliphatic rings. The fraction of sp³-hybridized carbons (Fsp3) is 0.300. The number of hydrogen-bond donors (Lipinski definition) is 1. The molecule has 0 atom stereocenters. The number of hydrogen-bond acceptors (Lipinski definition) is 3. The van der Waals surface area contributed by atoms with Crippen molar-refractivity contribution >= 4 is 21.9 Å². The lowest BCUT2D eigenvalue weighted by molar-refractivity contribution is 0.446. The van der Waals surface area contributed by atoms with Gasteiger partial charge in [0.25, 0.3) is 0 Å². The zero-order chi connectivity index (χ0) is 10.8. The second-order valence-electron chi connectivity index (χ2n) is 3.41. The average Bonchev–Trinajstić information content (AvgIpc) is 2.59. The van der Waals surface area contributed by atoms with Gasteiger partial charge in [-0.25, -0.2) is 4.39 Å². The Bertz CT molecular complexity index is 406. The molecule has 0 amide bonds. The van der Waals surface area contributed by atoms with Gasteiger partial charge in [-0.1, -0.05) is 6.07 Å². The Morgan fingerprint density at radius 1 is 1.53 bits per heavy atom. The van der Waals surface area contributed by atoms with Gasteiger partial charge in [0.2, 0.25) is 0 Å². The van der Waals surface area contributed by atoms with Crippen LogP contribution >= 0.6 is 15.9 Å². The molecule has 0 saturated heterocycles. The molecule has 0 radical (unpaired) electrons. The maximum atomic E-state index is 13.2. The number of halogens is 2. The van der Waals surface area contributed by atoms with Crippen molar-refractivity contribution < 1.29 is 4.39 Å². The molecular formula is C10H11BrFN3. The SMILES string of the molecule is NC1=NCCN1Cc1ccc(Br)c(F)c1. The van der Waals surface area contributed by atoms with Crippen molar-refractivity contribution in [3.63, 3.8) is 0 Å². The Balaban J connectivity index is 2.11. The van der Waals surface area contributed by atoms with E-state index in [4.69, 9.17) is 5.73 Å². The third kappa shape index (κ3) is 2.28. The molecule has 0 spiro atoms. The van der Waals surface area contributed by atoms with Crippen LogP contribution in [0, 0.1) is 5.82 Å². The monoisotopic (exact) mass is 271 g/mol. The van der Waals surface area contributed by atoms with Crippen LogP contribution in [0.5, 0.6) is 0 Å². The van der Waals surface area contributed by atoms with Gasteiger partial charge >= 0.3 is 0 Å². The minimum Gasteiger partial charge on any atom is -0.370 e. The van der Waals surface area contributed by atoms with Crippen LogP contribution < -0.4 is 5.73 Å². The van der Waals surface area contributed by atoms with Gasteiger partial charge in [-0.05, 0) is 33.6 Å². The van der Waals surface area contributed by atoms with Crippen LogP contribution in [0.25, 0.3) is 0 Å². The van der Waals surface area contributed by atoms with E-state index in [0.717, 1.165) is 18.7 Å². The van der Waals surface area contributed by atoms with Gasteiger partial charge < -0.3 is 10.6 Å². The number of nitrogens with two attached hydrogens (primary N) is 1. The topological polar surface area (TPSA) is 41.6 Å². The predicted octanol–water partition coefficient (Wildman–Crippen LogP) is 1.72. The summed E-state index contributed by atoms with van der Waals surface area (Å²) >= 11 is 3.12. The van der Waals surface area contributed by atoms with E-state index in [1.54, 1.807) is 6.07 Å². The largest absolute Gasteiger partial charge is 0.370 e. The van der Waals surface area contributed by atoms with E-state index < -0.39 is 0 Å². The van der Waals surface area contributed by atoms with E-state index in [1.165, 1.54) is 6.07 Å². The lowest BCUT2D eigenvalue weighted by atomic mass is 10.2. The van der Waals surface area contributed by atoms with Crippen LogP contribution in [0.15, 0.2) is 27.7 Å². The van der Waals surface area contributed by atoms with E-state index in [1.807, 2.05) is 11.0 Å². The molecule has 1 aromatic carbocycles. The molecule has 3 nitrogen and oxygen atoms in total. The number of aliphatic imine (C=N–C) groups is 1. The molecule has 5 heteroatoms. The second kappa shape index (κ2) is 4.18. The molecule has 0 unspecified atom stereocenters. The van der Waals surface area contributed by atoms with Gasteiger partial charge in [0, 0.05) is 13.1 Å². The van der Waals surface area contributed by atoms with Crippen molar-refractivity contribution in [3.05, 3.63) is 34.1 Å². The maximum Gasteiger partial charge on any atom is 0.191 e. The first-order chi connectivity index (χ1) is 7.16. The van der Waals surface area contributed by atoms with Gasteiger partial charge in [0.05, 0.1) is 11.0 Å². The van der Waals surface area contributed by atoms with Crippen molar-refractivity contribution in [1.82, 2.24) is 4.90 Å². The zero-order valence-electron chi connectivity index (χ0n) is 8.08. The van der Waals surface area contributed by atoms with Crippen LogP contribution in [0.2, 0.25) is 0 Å². The van der Waals surface area contributed by atoms with E-state index in [-0.39, 0.29) is 5.82 Å². The Morgan fingerprint density at radius 2 is 2.33 bits per heavy atom. The van der Waals surface area contributed by atoms with E-state index in [0.29, 0.717) is 17.0 Å². The van der Waals surface area contributed by atoms with Crippen molar-refractivity contribution in [2.24, 2.45) is 10.7 Å². The number of rotatable bonds is 2. The van der Waals surface area contributed by atoms with Crippen molar-refractivity contribution in [1.29, 1.82) is 0 Å². The zero-order valence-corrected chi connectivity index (χ0v) is 9.67. The van der Waals surface area contributed by atoms with Crippen LogP contribution in [0.3, 0.4) is 0 Å². The highest BCUT2D eigenvalue weighted by Gasteiger charge is 2.14. The van der Waals surface area contributed by atoms with E-state index >= 15 is 0 Å². The smallest absolute Gasteiger partial charge is 0.191 e. The third-order valence-electron chi connectivity index (χ3n) is 2.33. The molecule has 0 aromatic heterocycles. The molecule has 0 saturated carbocycles. The normalized spacial score (nSPS) is 15.6. The highest BCUT2D eigenvalue weighted by atomic mass is 79.9. The second-order valence-corrected chi connectivity index (χ2v) is 4.26. The molecule has 1 aliphatic heterocycles. The average molecular weight is 272 g/mol. The van der Waals surface area contributed by atoms with Crippen molar-refractivity contribution in [3.8, 4) is 0 Å². The first-order valence-corrected chi connectivity index (χ1v) is 5.45. The molecule has 15 heavy (non-hydrogen) atoms. The maximum absolute atomic E-state index is 13.2. The summed E-state index contributed by atoms with van der Waals surface area (Å²) in [6.07, 6.45) is 0. The third-order valence-corrected chi connectivity index (χ3v) is 2.97. The fourth-order valence-corrected chi connectivity index (χ4v) is 1.76. The summed E-state index contributed by atoms with van der Waals surface area (Å²) in [4.78, 5) is 6.00. The molecular weight excluding hydrogens is 261 g/mol. The highest BCUT2D eigenvalue weighted by molar-refractivity contribution is 9.10. The number of nitrogens with zero attached hydrogens (tertiary/aromatic N) is 2. The quantitative estimate of drug-likeness (QED) is 0.890. The molecule has 1 aromatic rings. The van der Waals surface area contributed by atoms with Crippen LogP contribution in [-0.4, -0.2) is 23.9 Å². The van der Waals surface area contributed by atoms with Crippen LogP contribution in [-0.2, 0) is 6.54 Å². The van der Waals surface area contributed by atoms with Gasteiger partial charge in [0.1, 0.15) is 5.82 Å². The van der Waals surface area contributed by atoms with E-state index in [9.17, 15) is 4.39 Å². The van der Waals surface area contributed by atoms with Crippen LogP contribution in [0.4, 0.5) is 4.39 Å². The van der Waals surface area contributed by atoms with Gasteiger partial charge in [-0.3, -0.25) is 4.99 Å². The molecule has 2 N–H and O–H groups in total. The molecule has 0 bridgehead atoms. The molecule has 1 heterocycles. The minimum atomic E-state index is -0.248. The number of benzene rings is 1. The number of guanidine groups is 1. The first-order valence-electron chi connectivity index (χ1n) is 4.65. The molecule has 0 fully saturated rings. The van der Waals surface area contributed by atoms with E-state index in [2.05, 4.69) is 20.9 Å². The lowest BCUT2D eigenvalue weighted by Gasteiger charge is -2.17.